The van der Waals surface area contributed by atoms with E-state index in [0.717, 1.165) is 6.42 Å². The van der Waals surface area contributed by atoms with E-state index >= 15 is 0 Å². The third kappa shape index (κ3) is 5.01. The zero-order valence-electron chi connectivity index (χ0n) is 41.4. The van der Waals surface area contributed by atoms with Crippen molar-refractivity contribution in [1.29, 1.82) is 0 Å². The van der Waals surface area contributed by atoms with Gasteiger partial charge in [-0.25, -0.2) is 0 Å². The fourth-order valence-electron chi connectivity index (χ4n) is 14.3. The second-order valence-corrected chi connectivity index (χ2v) is 25.1. The predicted molar refractivity (Wildman–Crippen MR) is 293 cm³/mol. The predicted octanol–water partition coefficient (Wildman–Crippen LogP) is 15.3. The Morgan fingerprint density at radius 1 is 0.559 bits per heavy atom. The first-order valence-corrected chi connectivity index (χ1v) is 26.1. The molecule has 5 heteroatoms. The van der Waals surface area contributed by atoms with Crippen LogP contribution in [0.1, 0.15) is 123 Å². The van der Waals surface area contributed by atoms with Crippen LogP contribution >= 0.6 is 11.3 Å². The summed E-state index contributed by atoms with van der Waals surface area (Å²) < 4.78 is 5.37. The lowest BCUT2D eigenvalue weighted by molar-refractivity contribution is 0.195. The average Bonchev–Trinajstić information content (AvgIpc) is 4.00. The lowest BCUT2D eigenvalue weighted by Crippen LogP contribution is -2.60. The van der Waals surface area contributed by atoms with Crippen LogP contribution in [0.4, 0.5) is 28.4 Å². The molecule has 1 saturated carbocycles. The molecule has 3 nitrogen and oxygen atoms in total. The quantitative estimate of drug-likeness (QED) is 0.160. The van der Waals surface area contributed by atoms with E-state index in [-0.39, 0.29) is 33.9 Å². The van der Waals surface area contributed by atoms with Crippen molar-refractivity contribution in [2.24, 2.45) is 0 Å². The number of thiophene rings is 1. The van der Waals surface area contributed by atoms with E-state index in [2.05, 4.69) is 217 Å². The molecule has 0 N–H and O–H groups in total. The van der Waals surface area contributed by atoms with Crippen LogP contribution in [0.5, 0.6) is 0 Å². The first kappa shape index (κ1) is 41.0. The van der Waals surface area contributed by atoms with Gasteiger partial charge >= 0.3 is 0 Å². The van der Waals surface area contributed by atoms with E-state index in [0.29, 0.717) is 0 Å². The minimum atomic E-state index is -0.142. The van der Waals surface area contributed by atoms with Crippen LogP contribution in [-0.2, 0) is 21.7 Å². The molecule has 7 aromatic carbocycles. The third-order valence-electron chi connectivity index (χ3n) is 18.0. The van der Waals surface area contributed by atoms with Crippen molar-refractivity contribution in [1.82, 2.24) is 4.57 Å². The van der Waals surface area contributed by atoms with Crippen molar-refractivity contribution in [3.63, 3.8) is 0 Å². The standard InChI is InChI=1S/C63H60BN3S/c1-59(2,3)37-27-30-47-44(33-37)62(9)31-15-16-32-63(62,10)67(47)39-28-29-45-49(36-39)65(48-24-18-26-53-54(48)41-20-12-14-25-52(41)68-53)50-34-38(60(4,5)6)35-51-56(50)64(45)46-23-17-21-42-55-58(66(51)57(42)46)40-19-11-13-22-43(40)61(55,7)8/h11-14,17-30,33-36H,15-16,31-32H2,1-10H3. The lowest BCUT2D eigenvalue weighted by Gasteiger charge is -2.50. The molecule has 5 aliphatic rings. The summed E-state index contributed by atoms with van der Waals surface area (Å²) in [5.74, 6) is 0. The number of fused-ring (bicyclic) bond motifs is 15. The van der Waals surface area contributed by atoms with Gasteiger partial charge in [0.1, 0.15) is 0 Å². The highest BCUT2D eigenvalue weighted by Crippen LogP contribution is 2.62. The van der Waals surface area contributed by atoms with Crippen molar-refractivity contribution in [3.05, 3.63) is 161 Å². The molecule has 2 unspecified atom stereocenters. The van der Waals surface area contributed by atoms with Crippen LogP contribution in [0.2, 0.25) is 0 Å². The highest BCUT2D eigenvalue weighted by molar-refractivity contribution is 7.26. The number of aromatic nitrogens is 1. The van der Waals surface area contributed by atoms with Gasteiger partial charge in [0.2, 0.25) is 0 Å². The number of nitrogens with zero attached hydrogens (tertiary/aromatic N) is 3. The van der Waals surface area contributed by atoms with Gasteiger partial charge in [-0.1, -0.05) is 160 Å². The molecule has 68 heavy (non-hydrogen) atoms. The Balaban J connectivity index is 1.11. The highest BCUT2D eigenvalue weighted by atomic mass is 32.1. The van der Waals surface area contributed by atoms with Gasteiger partial charge in [-0.3, -0.25) is 0 Å². The molecular weight excluding hydrogens is 842 g/mol. The summed E-state index contributed by atoms with van der Waals surface area (Å²) >= 11 is 1.92. The third-order valence-corrected chi connectivity index (χ3v) is 19.1. The summed E-state index contributed by atoms with van der Waals surface area (Å²) in [4.78, 5) is 5.52. The van der Waals surface area contributed by atoms with Gasteiger partial charge in [-0.2, -0.15) is 0 Å². The number of anilines is 5. The Hall–Kier alpha value is -6.04. The maximum Gasteiger partial charge on any atom is 0.252 e. The first-order valence-electron chi connectivity index (χ1n) is 25.3. The Morgan fingerprint density at radius 2 is 1.28 bits per heavy atom. The molecule has 3 aliphatic heterocycles. The van der Waals surface area contributed by atoms with E-state index < -0.39 is 0 Å². The van der Waals surface area contributed by atoms with Crippen molar-refractivity contribution in [2.75, 3.05) is 9.80 Å². The van der Waals surface area contributed by atoms with E-state index in [9.17, 15) is 0 Å². The average molecular weight is 902 g/mol. The normalized spacial score (nSPS) is 20.7. The topological polar surface area (TPSA) is 11.4 Å². The van der Waals surface area contributed by atoms with Crippen LogP contribution in [0, 0.1) is 0 Å². The number of hydrogen-bond acceptors (Lipinski definition) is 3. The van der Waals surface area contributed by atoms with Crippen molar-refractivity contribution < 1.29 is 0 Å². The van der Waals surface area contributed by atoms with Crippen LogP contribution < -0.4 is 26.2 Å². The molecule has 0 bridgehead atoms. The van der Waals surface area contributed by atoms with Gasteiger partial charge in [-0.15, -0.1) is 11.3 Å². The number of rotatable bonds is 2. The lowest BCUT2D eigenvalue weighted by atomic mass is 9.33. The largest absolute Gasteiger partial charge is 0.334 e. The van der Waals surface area contributed by atoms with Gasteiger partial charge in [0, 0.05) is 75.9 Å². The van der Waals surface area contributed by atoms with E-state index in [4.69, 9.17) is 0 Å². The molecule has 0 saturated heterocycles. The molecular formula is C63H60BN3S. The maximum atomic E-state index is 2.80. The molecule has 0 spiro atoms. The first-order chi connectivity index (χ1) is 32.5. The van der Waals surface area contributed by atoms with E-state index in [1.807, 2.05) is 11.3 Å². The summed E-state index contributed by atoms with van der Waals surface area (Å²) in [6.45, 7) is 24.4. The molecule has 336 valence electrons. The zero-order valence-corrected chi connectivity index (χ0v) is 42.2. The van der Waals surface area contributed by atoms with Crippen molar-refractivity contribution in [3.8, 4) is 16.9 Å². The summed E-state index contributed by atoms with van der Waals surface area (Å²) in [5.41, 5.74) is 23.1. The van der Waals surface area contributed by atoms with Gasteiger partial charge in [0.25, 0.3) is 6.71 Å². The molecule has 2 atom stereocenters. The molecule has 0 radical (unpaired) electrons. The minimum absolute atomic E-state index is 0.0267. The molecule has 9 aromatic rings. The summed E-state index contributed by atoms with van der Waals surface area (Å²) in [6, 6.07) is 52.9. The monoisotopic (exact) mass is 901 g/mol. The van der Waals surface area contributed by atoms with Crippen molar-refractivity contribution >= 4 is 94.0 Å². The van der Waals surface area contributed by atoms with Gasteiger partial charge in [-0.05, 0) is 123 Å². The second-order valence-electron chi connectivity index (χ2n) is 24.0. The SMILES string of the molecule is CC(C)(C)c1cc2c3c(c1)-n1c4c(c5cccc(c51)B3c1ccc(N3c5ccc(C(C)(C)C)cc5C5(C)CCCCC35C)cc1N2c1cccc2sc3ccccc3c12)C(C)(C)c1ccccc1-4. The molecule has 5 heterocycles. The van der Waals surface area contributed by atoms with Crippen molar-refractivity contribution in [2.45, 2.75) is 122 Å². The molecule has 0 amide bonds. The van der Waals surface area contributed by atoms with E-state index in [1.54, 1.807) is 0 Å². The fraction of sp³-hybridized carbons (Fsp3) is 0.302. The summed E-state index contributed by atoms with van der Waals surface area (Å²) in [7, 11) is 0. The Bertz CT molecular complexity index is 3700. The molecule has 14 rings (SSSR count). The Labute approximate surface area is 406 Å². The Kier molecular flexibility index (Phi) is 7.94. The highest BCUT2D eigenvalue weighted by Gasteiger charge is 2.58. The van der Waals surface area contributed by atoms with Crippen LogP contribution in [0.3, 0.4) is 0 Å². The smallest absolute Gasteiger partial charge is 0.252 e. The molecule has 1 fully saturated rings. The van der Waals surface area contributed by atoms with Gasteiger partial charge < -0.3 is 14.4 Å². The van der Waals surface area contributed by atoms with Crippen LogP contribution in [0.25, 0.3) is 48.0 Å². The zero-order chi connectivity index (χ0) is 46.6. The number of hydrogen-bond donors (Lipinski definition) is 0. The minimum Gasteiger partial charge on any atom is -0.334 e. The van der Waals surface area contributed by atoms with Crippen LogP contribution in [-0.4, -0.2) is 16.8 Å². The van der Waals surface area contributed by atoms with Gasteiger partial charge in [0.15, 0.2) is 0 Å². The number of benzene rings is 7. The van der Waals surface area contributed by atoms with E-state index in [1.165, 1.54) is 140 Å². The van der Waals surface area contributed by atoms with Gasteiger partial charge in [0.05, 0.1) is 16.9 Å². The molecule has 2 aliphatic carbocycles. The number of para-hydroxylation sites is 1. The summed E-state index contributed by atoms with van der Waals surface area (Å²) in [6.07, 6.45) is 4.88. The fourth-order valence-corrected chi connectivity index (χ4v) is 15.5. The molecule has 2 aromatic heterocycles. The maximum absolute atomic E-state index is 2.80. The van der Waals surface area contributed by atoms with Crippen LogP contribution in [0.15, 0.2) is 133 Å². The second kappa shape index (κ2) is 13.2. The Morgan fingerprint density at radius 3 is 2.10 bits per heavy atom. The summed E-state index contributed by atoms with van der Waals surface area (Å²) in [5, 5.41) is 4.04.